The molecule has 3 rings (SSSR count). The Morgan fingerprint density at radius 2 is 2.14 bits per heavy atom. The molecule has 2 heterocycles. The molecule has 0 saturated carbocycles. The number of morpholine rings is 1. The van der Waals surface area contributed by atoms with E-state index in [2.05, 4.69) is 22.8 Å². The fourth-order valence-corrected chi connectivity index (χ4v) is 5.00. The summed E-state index contributed by atoms with van der Waals surface area (Å²) < 4.78 is 34.4. The average Bonchev–Trinajstić information content (AvgIpc) is 3.11. The average molecular weight is 420 g/mol. The van der Waals surface area contributed by atoms with Crippen molar-refractivity contribution in [2.24, 2.45) is 0 Å². The third-order valence-electron chi connectivity index (χ3n) is 4.19. The van der Waals surface area contributed by atoms with Gasteiger partial charge in [-0.05, 0) is 19.1 Å². The first kappa shape index (κ1) is 20.5. The van der Waals surface area contributed by atoms with Crippen LogP contribution in [0.5, 0.6) is 0 Å². The third kappa shape index (κ3) is 4.28. The number of hydrogen-bond acceptors (Lipinski definition) is 7. The normalized spacial score (nSPS) is 16.4. The second-order valence-corrected chi connectivity index (χ2v) is 9.38. The Labute approximate surface area is 168 Å². The van der Waals surface area contributed by atoms with Crippen molar-refractivity contribution < 1.29 is 13.2 Å². The van der Waals surface area contributed by atoms with Crippen LogP contribution in [0.2, 0.25) is 0 Å². The molecule has 1 saturated heterocycles. The van der Waals surface area contributed by atoms with E-state index >= 15 is 0 Å². The topological polar surface area (TPSA) is 101 Å². The fourth-order valence-electron chi connectivity index (χ4n) is 2.80. The van der Waals surface area contributed by atoms with Crippen molar-refractivity contribution >= 4 is 21.8 Å². The van der Waals surface area contributed by atoms with Crippen LogP contribution < -0.4 is 0 Å². The molecule has 1 fully saturated rings. The highest BCUT2D eigenvalue weighted by atomic mass is 32.2. The molecule has 1 aliphatic rings. The minimum Gasteiger partial charge on any atom is -0.379 e. The first-order valence-electron chi connectivity index (χ1n) is 8.76. The SMILES string of the molecule is C=CCn1c(S[C@H](C)C#N)nnc1-c1cccc(S(=O)(=O)N2CCOCC2)c1. The van der Waals surface area contributed by atoms with Crippen molar-refractivity contribution in [2.75, 3.05) is 26.3 Å². The highest BCUT2D eigenvalue weighted by Gasteiger charge is 2.27. The number of nitriles is 1. The van der Waals surface area contributed by atoms with Gasteiger partial charge in [-0.1, -0.05) is 30.0 Å². The molecule has 8 nitrogen and oxygen atoms in total. The van der Waals surface area contributed by atoms with Crippen LogP contribution in [-0.4, -0.2) is 59.0 Å². The van der Waals surface area contributed by atoms with Gasteiger partial charge in [0.15, 0.2) is 11.0 Å². The lowest BCUT2D eigenvalue weighted by atomic mass is 10.2. The Morgan fingerprint density at radius 3 is 2.82 bits per heavy atom. The third-order valence-corrected chi connectivity index (χ3v) is 7.06. The zero-order valence-corrected chi connectivity index (χ0v) is 17.1. The highest BCUT2D eigenvalue weighted by molar-refractivity contribution is 8.00. The summed E-state index contributed by atoms with van der Waals surface area (Å²) in [6, 6.07) is 8.84. The molecule has 1 aromatic carbocycles. The molecule has 28 heavy (non-hydrogen) atoms. The quantitative estimate of drug-likeness (QED) is 0.501. The van der Waals surface area contributed by atoms with Crippen molar-refractivity contribution in [3.05, 3.63) is 36.9 Å². The lowest BCUT2D eigenvalue weighted by molar-refractivity contribution is 0.0730. The summed E-state index contributed by atoms with van der Waals surface area (Å²) in [5.41, 5.74) is 0.639. The number of hydrogen-bond donors (Lipinski definition) is 0. The zero-order chi connectivity index (χ0) is 20.1. The molecule has 1 aromatic heterocycles. The highest BCUT2D eigenvalue weighted by Crippen LogP contribution is 2.28. The Hall–Kier alpha value is -2.19. The number of aromatic nitrogens is 3. The van der Waals surface area contributed by atoms with Gasteiger partial charge in [0.25, 0.3) is 0 Å². The minimum absolute atomic E-state index is 0.208. The monoisotopic (exact) mass is 419 g/mol. The largest absolute Gasteiger partial charge is 0.379 e. The van der Waals surface area contributed by atoms with Gasteiger partial charge in [-0.25, -0.2) is 8.42 Å². The van der Waals surface area contributed by atoms with Crippen LogP contribution in [0.15, 0.2) is 47.0 Å². The Balaban J connectivity index is 1.98. The van der Waals surface area contributed by atoms with E-state index in [4.69, 9.17) is 10.00 Å². The molecule has 0 spiro atoms. The van der Waals surface area contributed by atoms with Crippen LogP contribution in [0.3, 0.4) is 0 Å². The smallest absolute Gasteiger partial charge is 0.243 e. The summed E-state index contributed by atoms with van der Waals surface area (Å²) in [6.45, 7) is 7.46. The summed E-state index contributed by atoms with van der Waals surface area (Å²) in [4.78, 5) is 0.208. The minimum atomic E-state index is -3.61. The predicted molar refractivity (Wildman–Crippen MR) is 106 cm³/mol. The molecule has 148 valence electrons. The van der Waals surface area contributed by atoms with Gasteiger partial charge < -0.3 is 4.74 Å². The first-order valence-corrected chi connectivity index (χ1v) is 11.1. The molecule has 1 aliphatic heterocycles. The lowest BCUT2D eigenvalue weighted by Crippen LogP contribution is -2.40. The Bertz CT molecular complexity index is 991. The first-order chi connectivity index (χ1) is 13.5. The molecule has 1 atom stereocenters. The number of allylic oxidation sites excluding steroid dienone is 1. The standard InChI is InChI=1S/C18H21N5O3S2/c1-3-7-23-17(20-21-18(23)27-14(2)13-19)15-5-4-6-16(12-15)28(24,25)22-8-10-26-11-9-22/h3-6,12,14H,1,7-11H2,2H3/t14-/m1/s1. The summed E-state index contributed by atoms with van der Waals surface area (Å²) >= 11 is 1.30. The zero-order valence-electron chi connectivity index (χ0n) is 15.5. The number of benzene rings is 1. The van der Waals surface area contributed by atoms with Gasteiger partial charge in [0.2, 0.25) is 10.0 Å². The van der Waals surface area contributed by atoms with Crippen LogP contribution in [0.4, 0.5) is 0 Å². The van der Waals surface area contributed by atoms with Crippen LogP contribution in [0.25, 0.3) is 11.4 Å². The molecule has 10 heteroatoms. The van der Waals surface area contributed by atoms with Gasteiger partial charge >= 0.3 is 0 Å². The summed E-state index contributed by atoms with van der Waals surface area (Å²) in [5.74, 6) is 0.534. The molecule has 2 aromatic rings. The van der Waals surface area contributed by atoms with Gasteiger partial charge in [-0.2, -0.15) is 9.57 Å². The van der Waals surface area contributed by atoms with Gasteiger partial charge in [-0.3, -0.25) is 4.57 Å². The Kier molecular flexibility index (Phi) is 6.51. The van der Waals surface area contributed by atoms with E-state index in [0.29, 0.717) is 49.4 Å². The molecule has 0 amide bonds. The van der Waals surface area contributed by atoms with Gasteiger partial charge in [0.05, 0.1) is 29.4 Å². The maximum Gasteiger partial charge on any atom is 0.243 e. The van der Waals surface area contributed by atoms with Gasteiger partial charge in [0, 0.05) is 25.2 Å². The summed E-state index contributed by atoms with van der Waals surface area (Å²) in [7, 11) is -3.61. The molecule has 0 unspecified atom stereocenters. The molecular formula is C18H21N5O3S2. The van der Waals surface area contributed by atoms with Crippen LogP contribution in [0.1, 0.15) is 6.92 Å². The second kappa shape index (κ2) is 8.87. The Morgan fingerprint density at radius 1 is 1.39 bits per heavy atom. The van der Waals surface area contributed by atoms with E-state index in [9.17, 15) is 8.42 Å². The molecule has 0 bridgehead atoms. The number of nitrogens with zero attached hydrogens (tertiary/aromatic N) is 5. The van der Waals surface area contributed by atoms with Crippen molar-refractivity contribution in [1.82, 2.24) is 19.1 Å². The van der Waals surface area contributed by atoms with E-state index < -0.39 is 10.0 Å². The van der Waals surface area contributed by atoms with E-state index in [1.165, 1.54) is 16.1 Å². The van der Waals surface area contributed by atoms with Crippen LogP contribution in [0, 0.1) is 11.3 Å². The van der Waals surface area contributed by atoms with Crippen molar-refractivity contribution in [2.45, 2.75) is 28.8 Å². The van der Waals surface area contributed by atoms with Crippen LogP contribution in [-0.2, 0) is 21.3 Å². The van der Waals surface area contributed by atoms with Crippen LogP contribution >= 0.6 is 11.8 Å². The number of rotatable bonds is 7. The van der Waals surface area contributed by atoms with Gasteiger partial charge in [0.1, 0.15) is 0 Å². The maximum atomic E-state index is 12.9. The molecular weight excluding hydrogens is 398 g/mol. The van der Waals surface area contributed by atoms with Crippen molar-refractivity contribution in [3.63, 3.8) is 0 Å². The second-order valence-electron chi connectivity index (χ2n) is 6.14. The number of sulfonamides is 1. The number of thioether (sulfide) groups is 1. The van der Waals surface area contributed by atoms with E-state index in [0.717, 1.165) is 0 Å². The number of ether oxygens (including phenoxy) is 1. The van der Waals surface area contributed by atoms with Crippen molar-refractivity contribution in [1.29, 1.82) is 5.26 Å². The summed E-state index contributed by atoms with van der Waals surface area (Å²) in [6.07, 6.45) is 1.71. The van der Waals surface area contributed by atoms with E-state index in [-0.39, 0.29) is 10.1 Å². The molecule has 0 aliphatic carbocycles. The summed E-state index contributed by atoms with van der Waals surface area (Å²) in [5, 5.41) is 17.8. The molecule has 0 N–H and O–H groups in total. The van der Waals surface area contributed by atoms with E-state index in [1.807, 2.05) is 4.57 Å². The molecule has 0 radical (unpaired) electrons. The fraction of sp³-hybridized carbons (Fsp3) is 0.389. The van der Waals surface area contributed by atoms with E-state index in [1.54, 1.807) is 37.3 Å². The predicted octanol–water partition coefficient (Wildman–Crippen LogP) is 2.16. The van der Waals surface area contributed by atoms with Crippen molar-refractivity contribution in [3.8, 4) is 17.5 Å². The lowest BCUT2D eigenvalue weighted by Gasteiger charge is -2.26. The maximum absolute atomic E-state index is 12.9. The van der Waals surface area contributed by atoms with Gasteiger partial charge in [-0.15, -0.1) is 16.8 Å².